The van der Waals surface area contributed by atoms with E-state index in [4.69, 9.17) is 9.72 Å². The van der Waals surface area contributed by atoms with E-state index < -0.39 is 11.2 Å². The molecule has 0 bridgehead atoms. The molecule has 0 radical (unpaired) electrons. The Morgan fingerprint density at radius 3 is 2.14 bits per heavy atom. The highest BCUT2D eigenvalue weighted by Crippen LogP contribution is 2.31. The molecule has 8 heteroatoms. The first-order valence-corrected chi connectivity index (χ1v) is 12.2. The van der Waals surface area contributed by atoms with Gasteiger partial charge >= 0.3 is 5.97 Å². The second kappa shape index (κ2) is 10.7. The summed E-state index contributed by atoms with van der Waals surface area (Å²) in [5.74, 6) is -0.585. The molecule has 4 rings (SSSR count). The van der Waals surface area contributed by atoms with Gasteiger partial charge in [0, 0.05) is 16.8 Å². The number of Topliss-reactive ketones (excluding diaryl/α,β-unsaturated/α-hetero) is 1. The minimum absolute atomic E-state index is 0.150. The van der Waals surface area contributed by atoms with E-state index in [1.165, 1.54) is 11.8 Å². The molecule has 0 unspecified atom stereocenters. The average Bonchev–Trinajstić information content (AvgIpc) is 3.18. The van der Waals surface area contributed by atoms with Crippen LogP contribution in [0.15, 0.2) is 65.8 Å². The quantitative estimate of drug-likeness (QED) is 0.194. The van der Waals surface area contributed by atoms with Gasteiger partial charge in [-0.3, -0.25) is 4.79 Å². The van der Waals surface area contributed by atoms with E-state index in [2.05, 4.69) is 15.2 Å². The molecule has 0 aliphatic rings. The zero-order chi connectivity index (χ0) is 24.9. The summed E-state index contributed by atoms with van der Waals surface area (Å²) in [5.41, 5.74) is 5.19. The van der Waals surface area contributed by atoms with Crippen LogP contribution in [0.25, 0.3) is 22.5 Å². The van der Waals surface area contributed by atoms with Gasteiger partial charge < -0.3 is 9.72 Å². The van der Waals surface area contributed by atoms with E-state index in [1.807, 2.05) is 60.7 Å². The number of esters is 1. The Hall–Kier alpha value is -3.78. The third-order valence-electron chi connectivity index (χ3n) is 5.58. The average molecular weight is 487 g/mol. The number of aryl methyl sites for hydroxylation is 1. The Morgan fingerprint density at radius 2 is 1.54 bits per heavy atom. The minimum atomic E-state index is -0.505. The number of ether oxygens (including phenoxy) is 1. The summed E-state index contributed by atoms with van der Waals surface area (Å²) in [7, 11) is 0. The van der Waals surface area contributed by atoms with Crippen LogP contribution in [0.5, 0.6) is 0 Å². The normalized spacial score (nSPS) is 11.8. The van der Waals surface area contributed by atoms with Gasteiger partial charge in [-0.1, -0.05) is 72.4 Å². The fourth-order valence-corrected chi connectivity index (χ4v) is 4.64. The number of hydrogen-bond donors (Lipinski definition) is 1. The van der Waals surface area contributed by atoms with Gasteiger partial charge in [-0.25, -0.2) is 9.78 Å². The predicted octanol–water partition coefficient (Wildman–Crippen LogP) is 5.69. The maximum Gasteiger partial charge on any atom is 0.340 e. The number of carbonyl (C=O) groups excluding carboxylic acids is 2. The number of H-pyrrole nitrogens is 1. The zero-order valence-corrected chi connectivity index (χ0v) is 20.8. The van der Waals surface area contributed by atoms with Crippen molar-refractivity contribution in [2.75, 3.05) is 6.61 Å². The lowest BCUT2D eigenvalue weighted by molar-refractivity contribution is 0.0525. The second-order valence-corrected chi connectivity index (χ2v) is 9.30. The van der Waals surface area contributed by atoms with Crippen LogP contribution in [0.1, 0.15) is 46.0 Å². The van der Waals surface area contributed by atoms with Crippen LogP contribution < -0.4 is 0 Å². The number of rotatable bonds is 8. The number of ketones is 1. The minimum Gasteiger partial charge on any atom is -0.462 e. The largest absolute Gasteiger partial charge is 0.462 e. The highest BCUT2D eigenvalue weighted by molar-refractivity contribution is 8.00. The van der Waals surface area contributed by atoms with Crippen LogP contribution in [0.4, 0.5) is 0 Å². The molecule has 7 nitrogen and oxygen atoms in total. The Morgan fingerprint density at radius 1 is 0.943 bits per heavy atom. The molecular formula is C27H26N4O3S. The molecule has 0 saturated heterocycles. The summed E-state index contributed by atoms with van der Waals surface area (Å²) >= 11 is 1.23. The third kappa shape index (κ3) is 5.17. The smallest absolute Gasteiger partial charge is 0.340 e. The molecule has 0 amide bonds. The number of nitrogens with zero attached hydrogens (tertiary/aromatic N) is 3. The summed E-state index contributed by atoms with van der Waals surface area (Å²) in [4.78, 5) is 33.4. The number of aromatic nitrogens is 4. The zero-order valence-electron chi connectivity index (χ0n) is 20.0. The van der Waals surface area contributed by atoms with Crippen LogP contribution in [-0.4, -0.2) is 43.8 Å². The Balaban J connectivity index is 1.64. The predicted molar refractivity (Wildman–Crippen MR) is 137 cm³/mol. The Bertz CT molecular complexity index is 1350. The van der Waals surface area contributed by atoms with E-state index in [-0.39, 0.29) is 12.4 Å². The van der Waals surface area contributed by atoms with E-state index in [0.29, 0.717) is 39.1 Å². The second-order valence-electron chi connectivity index (χ2n) is 7.99. The number of thioether (sulfide) groups is 1. The number of aromatic amines is 1. The van der Waals surface area contributed by atoms with Gasteiger partial charge in [0.05, 0.1) is 23.1 Å². The van der Waals surface area contributed by atoms with Crippen LogP contribution in [-0.2, 0) is 4.74 Å². The van der Waals surface area contributed by atoms with Crippen molar-refractivity contribution in [3.63, 3.8) is 0 Å². The molecule has 1 atom stereocenters. The molecule has 1 N–H and O–H groups in total. The van der Waals surface area contributed by atoms with Crippen molar-refractivity contribution >= 4 is 23.5 Å². The fraction of sp³-hybridized carbons (Fsp3) is 0.222. The highest BCUT2D eigenvalue weighted by atomic mass is 32.2. The molecule has 4 aromatic rings. The van der Waals surface area contributed by atoms with Gasteiger partial charge in [0.2, 0.25) is 5.16 Å². The van der Waals surface area contributed by atoms with Gasteiger partial charge in [-0.15, -0.1) is 10.2 Å². The number of hydrogen-bond acceptors (Lipinski definition) is 7. The van der Waals surface area contributed by atoms with E-state index in [1.54, 1.807) is 27.7 Å². The number of carbonyl (C=O) groups is 2. The van der Waals surface area contributed by atoms with Crippen molar-refractivity contribution in [3.8, 4) is 22.5 Å². The molecule has 35 heavy (non-hydrogen) atoms. The lowest BCUT2D eigenvalue weighted by Crippen LogP contribution is -2.16. The molecule has 0 spiro atoms. The Labute approximate surface area is 208 Å². The van der Waals surface area contributed by atoms with Gasteiger partial charge in [-0.2, -0.15) is 0 Å². The standard InChI is InChI=1S/C27H26N4O3S/c1-5-34-26(33)21-16(2)22(28-17(21)3)25(32)18(4)35-27-29-23(19-12-8-6-9-13-19)24(30-31-27)20-14-10-7-11-15-20/h6-15,18,28H,5H2,1-4H3/t18-/m1/s1. The van der Waals surface area contributed by atoms with Crippen molar-refractivity contribution < 1.29 is 14.3 Å². The van der Waals surface area contributed by atoms with E-state index in [9.17, 15) is 9.59 Å². The summed E-state index contributed by atoms with van der Waals surface area (Å²) in [6.07, 6.45) is 0. The van der Waals surface area contributed by atoms with Crippen molar-refractivity contribution in [2.45, 2.75) is 38.1 Å². The van der Waals surface area contributed by atoms with Crippen LogP contribution in [0.2, 0.25) is 0 Å². The lowest BCUT2D eigenvalue weighted by atomic mass is 10.0. The van der Waals surface area contributed by atoms with Crippen molar-refractivity contribution in [1.29, 1.82) is 0 Å². The molecule has 0 fully saturated rings. The van der Waals surface area contributed by atoms with Gasteiger partial charge in [-0.05, 0) is 33.3 Å². The fourth-order valence-electron chi connectivity index (χ4n) is 3.87. The van der Waals surface area contributed by atoms with Crippen molar-refractivity contribution in [2.24, 2.45) is 0 Å². The van der Waals surface area contributed by atoms with Gasteiger partial charge in [0.25, 0.3) is 0 Å². The van der Waals surface area contributed by atoms with Crippen molar-refractivity contribution in [3.05, 3.63) is 83.2 Å². The molecule has 2 aromatic carbocycles. The first-order chi connectivity index (χ1) is 16.9. The van der Waals surface area contributed by atoms with E-state index in [0.717, 1.165) is 11.1 Å². The van der Waals surface area contributed by atoms with Gasteiger partial charge in [0.15, 0.2) is 5.78 Å². The summed E-state index contributed by atoms with van der Waals surface area (Å²) < 4.78 is 5.14. The maximum atomic E-state index is 13.3. The summed E-state index contributed by atoms with van der Waals surface area (Å²) in [5, 5.41) is 8.69. The number of benzene rings is 2. The summed E-state index contributed by atoms with van der Waals surface area (Å²) in [6, 6.07) is 19.6. The third-order valence-corrected chi connectivity index (χ3v) is 6.53. The molecular weight excluding hydrogens is 460 g/mol. The highest BCUT2D eigenvalue weighted by Gasteiger charge is 2.27. The lowest BCUT2D eigenvalue weighted by Gasteiger charge is -2.12. The first kappa shape index (κ1) is 24.3. The molecule has 2 heterocycles. The van der Waals surface area contributed by atoms with Crippen LogP contribution >= 0.6 is 11.8 Å². The SMILES string of the molecule is CCOC(=O)c1c(C)[nH]c(C(=O)[C@@H](C)Sc2nnc(-c3ccccc3)c(-c3ccccc3)n2)c1C. The first-order valence-electron chi connectivity index (χ1n) is 11.3. The number of nitrogens with one attached hydrogen (secondary N) is 1. The molecule has 178 valence electrons. The molecule has 0 saturated carbocycles. The molecule has 0 aliphatic heterocycles. The maximum absolute atomic E-state index is 13.3. The monoisotopic (exact) mass is 486 g/mol. The van der Waals surface area contributed by atoms with Gasteiger partial charge in [0.1, 0.15) is 11.4 Å². The van der Waals surface area contributed by atoms with E-state index >= 15 is 0 Å². The summed E-state index contributed by atoms with van der Waals surface area (Å²) in [6.45, 7) is 7.32. The molecule has 2 aromatic heterocycles. The molecule has 0 aliphatic carbocycles. The van der Waals surface area contributed by atoms with Crippen LogP contribution in [0.3, 0.4) is 0 Å². The van der Waals surface area contributed by atoms with Crippen molar-refractivity contribution in [1.82, 2.24) is 20.2 Å². The van der Waals surface area contributed by atoms with Crippen LogP contribution in [0, 0.1) is 13.8 Å². The topological polar surface area (TPSA) is 97.8 Å². The Kier molecular flexibility index (Phi) is 7.41.